The van der Waals surface area contributed by atoms with Crippen molar-refractivity contribution in [3.63, 3.8) is 0 Å². The molecule has 0 bridgehead atoms. The number of hydrogen-bond acceptors (Lipinski definition) is 4. The topological polar surface area (TPSA) is 94.3 Å². The van der Waals surface area contributed by atoms with E-state index in [9.17, 15) is 14.4 Å². The smallest absolute Gasteiger partial charge is 0.255 e. The van der Waals surface area contributed by atoms with Gasteiger partial charge in [-0.1, -0.05) is 43.3 Å². The minimum atomic E-state index is -0.713. The average Bonchev–Trinajstić information content (AvgIpc) is 3.41. The molecule has 1 aromatic heterocycles. The van der Waals surface area contributed by atoms with Crippen LogP contribution in [0.5, 0.6) is 0 Å². The summed E-state index contributed by atoms with van der Waals surface area (Å²) in [6.45, 7) is 3.97. The van der Waals surface area contributed by atoms with Gasteiger partial charge in [0, 0.05) is 34.6 Å². The van der Waals surface area contributed by atoms with Crippen LogP contribution in [0.15, 0.2) is 48.5 Å². The van der Waals surface area contributed by atoms with Crippen molar-refractivity contribution in [1.29, 1.82) is 0 Å². The van der Waals surface area contributed by atoms with E-state index in [0.29, 0.717) is 18.4 Å². The second-order valence-electron chi connectivity index (χ2n) is 9.65. The second kappa shape index (κ2) is 10.0. The molecule has 0 saturated carbocycles. The zero-order valence-electron chi connectivity index (χ0n) is 20.8. The van der Waals surface area contributed by atoms with Crippen LogP contribution in [0.2, 0.25) is 0 Å². The summed E-state index contributed by atoms with van der Waals surface area (Å²) >= 11 is 1.64. The Balaban J connectivity index is 1.51. The number of hydrogen-bond donors (Lipinski definition) is 3. The SMILES string of the molecule is CC[C@H](C)NC(=O)[C@H](CCSC)NC(=O)[C@H]1Cc2c([nH]c3ccccc23)[C@H]2c3ccccc3C(=O)N21. The summed E-state index contributed by atoms with van der Waals surface area (Å²) in [5.41, 5.74) is 4.54. The molecule has 0 spiro atoms. The fraction of sp³-hybridized carbons (Fsp3) is 0.393. The molecule has 0 unspecified atom stereocenters. The van der Waals surface area contributed by atoms with E-state index in [-0.39, 0.29) is 29.8 Å². The van der Waals surface area contributed by atoms with Crippen LogP contribution >= 0.6 is 11.8 Å². The summed E-state index contributed by atoms with van der Waals surface area (Å²) < 4.78 is 0. The first-order valence-corrected chi connectivity index (χ1v) is 13.9. The van der Waals surface area contributed by atoms with Gasteiger partial charge < -0.3 is 20.5 Å². The van der Waals surface area contributed by atoms with E-state index in [1.54, 1.807) is 16.7 Å². The molecule has 2 aliphatic heterocycles. The normalized spacial score (nSPS) is 19.9. The first kappa shape index (κ1) is 24.4. The summed E-state index contributed by atoms with van der Waals surface area (Å²) in [5.74, 6) is 0.127. The number of rotatable bonds is 8. The van der Waals surface area contributed by atoms with Crippen molar-refractivity contribution in [2.45, 2.75) is 57.3 Å². The summed E-state index contributed by atoms with van der Waals surface area (Å²) in [4.78, 5) is 45.7. The molecular weight excluding hydrogens is 472 g/mol. The molecule has 0 radical (unpaired) electrons. The van der Waals surface area contributed by atoms with Crippen LogP contribution in [0.1, 0.15) is 59.9 Å². The van der Waals surface area contributed by atoms with Crippen molar-refractivity contribution in [2.24, 2.45) is 0 Å². The lowest BCUT2D eigenvalue weighted by Crippen LogP contribution is -2.57. The number of benzene rings is 2. The fourth-order valence-corrected chi connectivity index (χ4v) is 5.83. The van der Waals surface area contributed by atoms with Gasteiger partial charge in [0.15, 0.2) is 0 Å². The Kier molecular flexibility index (Phi) is 6.79. The lowest BCUT2D eigenvalue weighted by Gasteiger charge is -2.37. The molecular formula is C28H32N4O3S. The second-order valence-corrected chi connectivity index (χ2v) is 10.6. The van der Waals surface area contributed by atoms with Gasteiger partial charge in [0.1, 0.15) is 12.1 Å². The van der Waals surface area contributed by atoms with E-state index in [4.69, 9.17) is 0 Å². The summed E-state index contributed by atoms with van der Waals surface area (Å²) in [6.07, 6.45) is 3.71. The molecule has 4 atom stereocenters. The molecule has 2 aromatic carbocycles. The van der Waals surface area contributed by atoms with E-state index in [1.165, 1.54) is 0 Å². The highest BCUT2D eigenvalue weighted by atomic mass is 32.2. The number of fused-ring (bicyclic) bond motifs is 7. The summed E-state index contributed by atoms with van der Waals surface area (Å²) in [6, 6.07) is 13.9. The van der Waals surface area contributed by atoms with Gasteiger partial charge in [0.05, 0.1) is 6.04 Å². The summed E-state index contributed by atoms with van der Waals surface area (Å²) in [5, 5.41) is 7.08. The maximum absolute atomic E-state index is 13.8. The van der Waals surface area contributed by atoms with Gasteiger partial charge in [0.2, 0.25) is 11.8 Å². The molecule has 0 fully saturated rings. The number of para-hydroxylation sites is 1. The quantitative estimate of drug-likeness (QED) is 0.435. The molecule has 7 nitrogen and oxygen atoms in total. The monoisotopic (exact) mass is 504 g/mol. The zero-order valence-corrected chi connectivity index (χ0v) is 21.7. The number of aromatic nitrogens is 1. The maximum atomic E-state index is 13.8. The molecule has 3 N–H and O–H groups in total. The molecule has 8 heteroatoms. The molecule has 2 aliphatic rings. The van der Waals surface area contributed by atoms with Gasteiger partial charge >= 0.3 is 0 Å². The van der Waals surface area contributed by atoms with Gasteiger partial charge in [-0.05, 0) is 55.0 Å². The number of carbonyl (C=O) groups is 3. The van der Waals surface area contributed by atoms with E-state index in [0.717, 1.165) is 39.9 Å². The number of nitrogens with one attached hydrogen (secondary N) is 3. The van der Waals surface area contributed by atoms with Gasteiger partial charge in [-0.15, -0.1) is 0 Å². The Morgan fingerprint density at radius 3 is 2.67 bits per heavy atom. The van der Waals surface area contributed by atoms with Gasteiger partial charge in [-0.25, -0.2) is 0 Å². The molecule has 3 aromatic rings. The van der Waals surface area contributed by atoms with E-state index >= 15 is 0 Å². The first-order chi connectivity index (χ1) is 17.4. The van der Waals surface area contributed by atoms with Crippen LogP contribution in [0, 0.1) is 0 Å². The molecule has 0 aliphatic carbocycles. The van der Waals surface area contributed by atoms with Crippen LogP contribution in [0.3, 0.4) is 0 Å². The minimum absolute atomic E-state index is 0.0219. The predicted octanol–water partition coefficient (Wildman–Crippen LogP) is 3.79. The third-order valence-corrected chi connectivity index (χ3v) is 8.04. The molecule has 36 heavy (non-hydrogen) atoms. The Hall–Kier alpha value is -3.26. The van der Waals surface area contributed by atoms with Crippen LogP contribution in [-0.4, -0.2) is 57.7 Å². The van der Waals surface area contributed by atoms with Crippen molar-refractivity contribution < 1.29 is 14.4 Å². The standard InChI is InChI=1S/C28H32N4O3S/c1-4-16(2)29-26(33)22(13-14-36-3)31-27(34)23-15-20-17-9-7-8-12-21(17)30-24(20)25-18-10-5-6-11-19(18)28(35)32(23)25/h5-12,16,22-23,25,30H,4,13-15H2,1-3H3,(H,29,33)(H,31,34)/t16-,22-,23+,25+/m0/s1. The molecule has 5 rings (SSSR count). The van der Waals surface area contributed by atoms with Crippen molar-refractivity contribution in [3.8, 4) is 0 Å². The number of amides is 3. The van der Waals surface area contributed by atoms with Crippen LogP contribution in [0.4, 0.5) is 0 Å². The first-order valence-electron chi connectivity index (χ1n) is 12.5. The summed E-state index contributed by atoms with van der Waals surface area (Å²) in [7, 11) is 0. The van der Waals surface area contributed by atoms with Crippen molar-refractivity contribution >= 4 is 40.4 Å². The Bertz CT molecular complexity index is 1320. The van der Waals surface area contributed by atoms with Crippen LogP contribution < -0.4 is 10.6 Å². The lowest BCUT2D eigenvalue weighted by molar-refractivity contribution is -0.132. The lowest BCUT2D eigenvalue weighted by atomic mass is 9.89. The van der Waals surface area contributed by atoms with Gasteiger partial charge in [-0.3, -0.25) is 14.4 Å². The zero-order chi connectivity index (χ0) is 25.4. The predicted molar refractivity (Wildman–Crippen MR) is 143 cm³/mol. The number of nitrogens with zero attached hydrogens (tertiary/aromatic N) is 1. The number of thioether (sulfide) groups is 1. The molecule has 3 amide bonds. The number of aromatic amines is 1. The van der Waals surface area contributed by atoms with Crippen LogP contribution in [-0.2, 0) is 16.0 Å². The maximum Gasteiger partial charge on any atom is 0.255 e. The Morgan fingerprint density at radius 1 is 1.14 bits per heavy atom. The number of carbonyl (C=O) groups excluding carboxylic acids is 3. The highest BCUT2D eigenvalue weighted by Crippen LogP contribution is 2.46. The Morgan fingerprint density at radius 2 is 1.89 bits per heavy atom. The minimum Gasteiger partial charge on any atom is -0.356 e. The van der Waals surface area contributed by atoms with Crippen molar-refractivity contribution in [2.75, 3.05) is 12.0 Å². The highest BCUT2D eigenvalue weighted by molar-refractivity contribution is 7.98. The van der Waals surface area contributed by atoms with Gasteiger partial charge in [0.25, 0.3) is 5.91 Å². The van der Waals surface area contributed by atoms with Gasteiger partial charge in [-0.2, -0.15) is 11.8 Å². The average molecular weight is 505 g/mol. The largest absolute Gasteiger partial charge is 0.356 e. The third kappa shape index (κ3) is 4.17. The van der Waals surface area contributed by atoms with Crippen LogP contribution in [0.25, 0.3) is 10.9 Å². The van der Waals surface area contributed by atoms with E-state index in [1.807, 2.05) is 62.6 Å². The van der Waals surface area contributed by atoms with E-state index in [2.05, 4.69) is 21.7 Å². The van der Waals surface area contributed by atoms with Crippen molar-refractivity contribution in [1.82, 2.24) is 20.5 Å². The third-order valence-electron chi connectivity index (χ3n) is 7.40. The fourth-order valence-electron chi connectivity index (χ4n) is 5.36. The van der Waals surface area contributed by atoms with Crippen molar-refractivity contribution in [3.05, 3.63) is 70.9 Å². The molecule has 0 saturated heterocycles. The highest BCUT2D eigenvalue weighted by Gasteiger charge is 2.49. The Labute approximate surface area is 215 Å². The van der Waals surface area contributed by atoms with E-state index < -0.39 is 12.1 Å². The molecule has 3 heterocycles. The number of H-pyrrole nitrogens is 1. The molecule has 188 valence electrons.